The van der Waals surface area contributed by atoms with Gasteiger partial charge in [-0.2, -0.15) is 11.8 Å². The van der Waals surface area contributed by atoms with Crippen molar-refractivity contribution in [1.82, 2.24) is 5.32 Å². The van der Waals surface area contributed by atoms with Gasteiger partial charge in [0.2, 0.25) is 0 Å². The number of hydrogen-bond donors (Lipinski definition) is 1. The predicted molar refractivity (Wildman–Crippen MR) is 76.0 cm³/mol. The topological polar surface area (TPSA) is 21.3 Å². The molecule has 4 rings (SSSR count). The Balaban J connectivity index is 1.55. The van der Waals surface area contributed by atoms with Gasteiger partial charge < -0.3 is 10.1 Å². The monoisotopic (exact) mass is 267 g/mol. The average Bonchev–Trinajstić information content (AvgIpc) is 2.98. The van der Waals surface area contributed by atoms with Crippen molar-refractivity contribution >= 4 is 11.8 Å². The second-order valence-electron chi connectivity index (χ2n) is 6.87. The first kappa shape index (κ1) is 12.0. The lowest BCUT2D eigenvalue weighted by atomic mass is 9.70. The number of thioether (sulfide) groups is 1. The van der Waals surface area contributed by atoms with Gasteiger partial charge in [-0.15, -0.1) is 0 Å². The third kappa shape index (κ3) is 1.85. The van der Waals surface area contributed by atoms with Crippen LogP contribution in [0.25, 0.3) is 0 Å². The summed E-state index contributed by atoms with van der Waals surface area (Å²) in [6.07, 6.45) is 9.73. The lowest BCUT2D eigenvalue weighted by Crippen LogP contribution is -2.54. The summed E-state index contributed by atoms with van der Waals surface area (Å²) in [6.45, 7) is 2.27. The van der Waals surface area contributed by atoms with Crippen molar-refractivity contribution in [2.75, 3.05) is 24.7 Å². The molecule has 3 aliphatic heterocycles. The first-order chi connectivity index (χ1) is 8.83. The van der Waals surface area contributed by atoms with Gasteiger partial charge in [-0.05, 0) is 69.1 Å². The van der Waals surface area contributed by atoms with Crippen molar-refractivity contribution in [3.05, 3.63) is 0 Å². The van der Waals surface area contributed by atoms with Crippen LogP contribution in [0.1, 0.15) is 44.9 Å². The van der Waals surface area contributed by atoms with Crippen molar-refractivity contribution in [2.45, 2.75) is 56.1 Å². The minimum atomic E-state index is 0.264. The summed E-state index contributed by atoms with van der Waals surface area (Å²) in [7, 11) is 0. The smallest absolute Gasteiger partial charge is 0.0783 e. The Morgan fingerprint density at radius 3 is 2.72 bits per heavy atom. The zero-order valence-corrected chi connectivity index (χ0v) is 12.1. The molecule has 0 aromatic heterocycles. The van der Waals surface area contributed by atoms with Crippen LogP contribution in [0.3, 0.4) is 0 Å². The molecule has 0 bridgehead atoms. The molecule has 1 saturated carbocycles. The molecule has 4 aliphatic rings. The van der Waals surface area contributed by atoms with E-state index in [1.165, 1.54) is 63.0 Å². The molecule has 3 heteroatoms. The molecule has 3 unspecified atom stereocenters. The van der Waals surface area contributed by atoms with Crippen LogP contribution in [0.5, 0.6) is 0 Å². The zero-order valence-electron chi connectivity index (χ0n) is 11.2. The summed E-state index contributed by atoms with van der Waals surface area (Å²) in [5.41, 5.74) is 0.782. The molecule has 0 aromatic rings. The molecule has 0 aromatic carbocycles. The average molecular weight is 267 g/mol. The zero-order chi connectivity index (χ0) is 12.1. The molecular weight excluding hydrogens is 242 g/mol. The maximum absolute atomic E-state index is 6.21. The summed E-state index contributed by atoms with van der Waals surface area (Å²) < 4.78 is 6.21. The van der Waals surface area contributed by atoms with Gasteiger partial charge in [0.1, 0.15) is 0 Å². The summed E-state index contributed by atoms with van der Waals surface area (Å²) in [5, 5.41) is 3.95. The standard InChI is InChI=1S/C15H25NOS/c1-5-15(16-7-1,12-2-3-12)13-4-8-17-14(10-13)6-9-18-11-14/h12-13,16H,1-11H2. The lowest BCUT2D eigenvalue weighted by molar-refractivity contribution is -0.0969. The fourth-order valence-corrected chi connectivity index (χ4v) is 6.13. The molecule has 3 saturated heterocycles. The summed E-state index contributed by atoms with van der Waals surface area (Å²) in [6, 6.07) is 0. The summed E-state index contributed by atoms with van der Waals surface area (Å²) in [4.78, 5) is 0. The highest BCUT2D eigenvalue weighted by atomic mass is 32.2. The second-order valence-corrected chi connectivity index (χ2v) is 7.97. The van der Waals surface area contributed by atoms with Crippen LogP contribution in [-0.4, -0.2) is 35.8 Å². The molecule has 2 nitrogen and oxygen atoms in total. The quantitative estimate of drug-likeness (QED) is 0.831. The van der Waals surface area contributed by atoms with Crippen molar-refractivity contribution in [2.24, 2.45) is 11.8 Å². The second kappa shape index (κ2) is 4.39. The Morgan fingerprint density at radius 1 is 1.11 bits per heavy atom. The molecule has 1 spiro atoms. The van der Waals surface area contributed by atoms with E-state index in [1.54, 1.807) is 0 Å². The molecule has 0 amide bonds. The third-order valence-electron chi connectivity index (χ3n) is 5.82. The molecule has 1 aliphatic carbocycles. The maximum Gasteiger partial charge on any atom is 0.0783 e. The number of hydrogen-bond acceptors (Lipinski definition) is 3. The highest BCUT2D eigenvalue weighted by Gasteiger charge is 2.54. The van der Waals surface area contributed by atoms with Gasteiger partial charge in [0.15, 0.2) is 0 Å². The number of nitrogens with one attached hydrogen (secondary N) is 1. The van der Waals surface area contributed by atoms with Gasteiger partial charge >= 0.3 is 0 Å². The van der Waals surface area contributed by atoms with Crippen LogP contribution in [0.4, 0.5) is 0 Å². The molecule has 18 heavy (non-hydrogen) atoms. The Bertz CT molecular complexity index is 316. The van der Waals surface area contributed by atoms with Crippen LogP contribution in [-0.2, 0) is 4.74 Å². The van der Waals surface area contributed by atoms with Crippen molar-refractivity contribution < 1.29 is 4.74 Å². The minimum Gasteiger partial charge on any atom is -0.374 e. The summed E-state index contributed by atoms with van der Waals surface area (Å²) >= 11 is 2.10. The fourth-order valence-electron chi connectivity index (χ4n) is 4.75. The van der Waals surface area contributed by atoms with Gasteiger partial charge in [-0.1, -0.05) is 0 Å². The van der Waals surface area contributed by atoms with Crippen LogP contribution >= 0.6 is 11.8 Å². The van der Waals surface area contributed by atoms with Crippen LogP contribution < -0.4 is 5.32 Å². The minimum absolute atomic E-state index is 0.264. The molecule has 4 fully saturated rings. The lowest BCUT2D eigenvalue weighted by Gasteiger charge is -2.46. The van der Waals surface area contributed by atoms with Gasteiger partial charge in [-0.3, -0.25) is 0 Å². The molecule has 0 radical (unpaired) electrons. The predicted octanol–water partition coefficient (Wildman–Crippen LogP) is 2.82. The summed E-state index contributed by atoms with van der Waals surface area (Å²) in [5.74, 6) is 4.45. The van der Waals surface area contributed by atoms with E-state index in [1.807, 2.05) is 0 Å². The van der Waals surface area contributed by atoms with Crippen molar-refractivity contribution in [3.63, 3.8) is 0 Å². The Hall–Kier alpha value is 0.270. The van der Waals surface area contributed by atoms with E-state index >= 15 is 0 Å². The van der Waals surface area contributed by atoms with Gasteiger partial charge in [0, 0.05) is 17.9 Å². The van der Waals surface area contributed by atoms with Crippen LogP contribution in [0.15, 0.2) is 0 Å². The third-order valence-corrected chi connectivity index (χ3v) is 7.04. The SMILES string of the molecule is C1CNC(C2CC2)(C2CCOC3(CCSC3)C2)C1. The first-order valence-corrected chi connectivity index (χ1v) is 8.95. The largest absolute Gasteiger partial charge is 0.374 e. The van der Waals surface area contributed by atoms with E-state index in [4.69, 9.17) is 4.74 Å². The Morgan fingerprint density at radius 2 is 2.06 bits per heavy atom. The molecular formula is C15H25NOS. The van der Waals surface area contributed by atoms with Crippen molar-refractivity contribution in [1.29, 1.82) is 0 Å². The van der Waals surface area contributed by atoms with Gasteiger partial charge in [0.25, 0.3) is 0 Å². The first-order valence-electron chi connectivity index (χ1n) is 7.80. The van der Waals surface area contributed by atoms with Crippen LogP contribution in [0, 0.1) is 11.8 Å². The Kier molecular flexibility index (Phi) is 2.94. The van der Waals surface area contributed by atoms with E-state index in [0.29, 0.717) is 5.54 Å². The van der Waals surface area contributed by atoms with E-state index in [0.717, 1.165) is 18.4 Å². The normalized spacial score (nSPS) is 49.0. The van der Waals surface area contributed by atoms with Gasteiger partial charge in [-0.25, -0.2) is 0 Å². The molecule has 1 N–H and O–H groups in total. The molecule has 3 heterocycles. The number of rotatable bonds is 2. The molecule has 3 atom stereocenters. The highest BCUT2D eigenvalue weighted by Crippen LogP contribution is 2.53. The van der Waals surface area contributed by atoms with E-state index in [2.05, 4.69) is 17.1 Å². The highest BCUT2D eigenvalue weighted by molar-refractivity contribution is 7.99. The number of ether oxygens (including phenoxy) is 1. The van der Waals surface area contributed by atoms with E-state index < -0.39 is 0 Å². The maximum atomic E-state index is 6.21. The van der Waals surface area contributed by atoms with Crippen LogP contribution in [0.2, 0.25) is 0 Å². The fraction of sp³-hybridized carbons (Fsp3) is 1.00. The van der Waals surface area contributed by atoms with E-state index in [9.17, 15) is 0 Å². The Labute approximate surface area is 115 Å². The van der Waals surface area contributed by atoms with Crippen molar-refractivity contribution in [3.8, 4) is 0 Å². The molecule has 102 valence electrons. The van der Waals surface area contributed by atoms with Gasteiger partial charge in [0.05, 0.1) is 5.60 Å². The van der Waals surface area contributed by atoms with E-state index in [-0.39, 0.29) is 5.60 Å².